The molecule has 0 aliphatic rings. The van der Waals surface area contributed by atoms with Crippen molar-refractivity contribution >= 4 is 15.9 Å². The minimum absolute atomic E-state index is 0.313. The SMILES string of the molecule is CNCc1cccc(COc2cc(F)cc(Br)c2)n1. The lowest BCUT2D eigenvalue weighted by molar-refractivity contribution is 0.299. The van der Waals surface area contributed by atoms with Crippen molar-refractivity contribution in [1.82, 2.24) is 10.3 Å². The number of benzene rings is 1. The standard InChI is InChI=1S/C14H14BrFN2O/c1-17-8-12-3-2-4-13(18-12)9-19-14-6-10(15)5-11(16)7-14/h2-7,17H,8-9H2,1H3. The third kappa shape index (κ3) is 4.29. The van der Waals surface area contributed by atoms with E-state index in [4.69, 9.17) is 4.74 Å². The van der Waals surface area contributed by atoms with Gasteiger partial charge in [-0.3, -0.25) is 4.98 Å². The molecule has 0 saturated heterocycles. The monoisotopic (exact) mass is 324 g/mol. The first kappa shape index (κ1) is 14.0. The molecule has 2 aromatic rings. The topological polar surface area (TPSA) is 34.1 Å². The van der Waals surface area contributed by atoms with Crippen LogP contribution >= 0.6 is 15.9 Å². The summed E-state index contributed by atoms with van der Waals surface area (Å²) >= 11 is 3.23. The summed E-state index contributed by atoms with van der Waals surface area (Å²) in [5.74, 6) is 0.147. The summed E-state index contributed by atoms with van der Waals surface area (Å²) in [5.41, 5.74) is 1.76. The van der Waals surface area contributed by atoms with E-state index in [-0.39, 0.29) is 5.82 Å². The van der Waals surface area contributed by atoms with Gasteiger partial charge in [0.15, 0.2) is 0 Å². The quantitative estimate of drug-likeness (QED) is 0.916. The summed E-state index contributed by atoms with van der Waals surface area (Å²) in [6, 6.07) is 10.2. The van der Waals surface area contributed by atoms with Crippen molar-refractivity contribution in [2.75, 3.05) is 7.05 Å². The Balaban J connectivity index is 2.03. The normalized spacial score (nSPS) is 10.5. The molecule has 0 atom stereocenters. The van der Waals surface area contributed by atoms with Crippen LogP contribution in [0.25, 0.3) is 0 Å². The summed E-state index contributed by atoms with van der Waals surface area (Å²) in [6.45, 7) is 1.02. The van der Waals surface area contributed by atoms with Crippen molar-refractivity contribution in [2.45, 2.75) is 13.2 Å². The lowest BCUT2D eigenvalue weighted by Gasteiger charge is -2.08. The Labute approximate surface area is 119 Å². The van der Waals surface area contributed by atoms with Crippen LogP contribution in [0.2, 0.25) is 0 Å². The molecule has 2 rings (SSSR count). The van der Waals surface area contributed by atoms with Gasteiger partial charge in [-0.05, 0) is 31.3 Å². The van der Waals surface area contributed by atoms with Gasteiger partial charge in [-0.25, -0.2) is 4.39 Å². The van der Waals surface area contributed by atoms with Crippen LogP contribution in [-0.2, 0) is 13.2 Å². The number of nitrogens with zero attached hydrogens (tertiary/aromatic N) is 1. The van der Waals surface area contributed by atoms with Gasteiger partial charge in [-0.15, -0.1) is 0 Å². The zero-order valence-electron chi connectivity index (χ0n) is 10.5. The average molecular weight is 325 g/mol. The van der Waals surface area contributed by atoms with Gasteiger partial charge in [-0.2, -0.15) is 0 Å². The van der Waals surface area contributed by atoms with Gasteiger partial charge in [-0.1, -0.05) is 22.0 Å². The number of halogens is 2. The number of rotatable bonds is 5. The Morgan fingerprint density at radius 1 is 1.26 bits per heavy atom. The summed E-state index contributed by atoms with van der Waals surface area (Å²) in [4.78, 5) is 4.43. The molecule has 0 aliphatic carbocycles. The number of aromatic nitrogens is 1. The maximum Gasteiger partial charge on any atom is 0.130 e. The first-order valence-corrected chi connectivity index (χ1v) is 6.65. The molecule has 1 aromatic heterocycles. The average Bonchev–Trinajstić information content (AvgIpc) is 2.36. The second-order valence-corrected chi connectivity index (χ2v) is 4.96. The van der Waals surface area contributed by atoms with E-state index in [0.29, 0.717) is 23.4 Å². The number of ether oxygens (including phenoxy) is 1. The van der Waals surface area contributed by atoms with Crippen LogP contribution in [0.1, 0.15) is 11.4 Å². The van der Waals surface area contributed by atoms with Crippen LogP contribution in [0.4, 0.5) is 4.39 Å². The van der Waals surface area contributed by atoms with Crippen molar-refractivity contribution in [2.24, 2.45) is 0 Å². The second kappa shape index (κ2) is 6.63. The molecule has 1 heterocycles. The van der Waals surface area contributed by atoms with Crippen LogP contribution in [0.5, 0.6) is 5.75 Å². The van der Waals surface area contributed by atoms with E-state index in [1.54, 1.807) is 6.07 Å². The Hall–Kier alpha value is -1.46. The molecular formula is C14H14BrFN2O. The van der Waals surface area contributed by atoms with Gasteiger partial charge in [0, 0.05) is 17.1 Å². The predicted octanol–water partition coefficient (Wildman–Crippen LogP) is 3.28. The van der Waals surface area contributed by atoms with E-state index >= 15 is 0 Å². The number of pyridine rings is 1. The van der Waals surface area contributed by atoms with Crippen molar-refractivity contribution in [1.29, 1.82) is 0 Å². The third-order valence-electron chi connectivity index (χ3n) is 2.45. The summed E-state index contributed by atoms with van der Waals surface area (Å²) in [6.07, 6.45) is 0. The van der Waals surface area contributed by atoms with Gasteiger partial charge < -0.3 is 10.1 Å². The van der Waals surface area contributed by atoms with E-state index in [2.05, 4.69) is 26.2 Å². The molecule has 1 N–H and O–H groups in total. The van der Waals surface area contributed by atoms with E-state index in [1.165, 1.54) is 12.1 Å². The number of hydrogen-bond donors (Lipinski definition) is 1. The molecule has 0 aliphatic heterocycles. The van der Waals surface area contributed by atoms with Crippen molar-refractivity contribution in [3.63, 3.8) is 0 Å². The molecule has 0 amide bonds. The summed E-state index contributed by atoms with van der Waals surface area (Å²) < 4.78 is 19.4. The molecule has 0 saturated carbocycles. The third-order valence-corrected chi connectivity index (χ3v) is 2.90. The highest BCUT2D eigenvalue weighted by Crippen LogP contribution is 2.21. The fraction of sp³-hybridized carbons (Fsp3) is 0.214. The van der Waals surface area contributed by atoms with Crippen LogP contribution in [0.15, 0.2) is 40.9 Å². The van der Waals surface area contributed by atoms with Gasteiger partial charge in [0.2, 0.25) is 0 Å². The highest BCUT2D eigenvalue weighted by Gasteiger charge is 2.02. The fourth-order valence-corrected chi connectivity index (χ4v) is 2.10. The van der Waals surface area contributed by atoms with Crippen LogP contribution in [0, 0.1) is 5.82 Å². The van der Waals surface area contributed by atoms with Crippen LogP contribution < -0.4 is 10.1 Å². The molecule has 1 aromatic carbocycles. The second-order valence-electron chi connectivity index (χ2n) is 4.04. The molecular weight excluding hydrogens is 311 g/mol. The molecule has 0 fully saturated rings. The minimum Gasteiger partial charge on any atom is -0.487 e. The maximum absolute atomic E-state index is 13.2. The lowest BCUT2D eigenvalue weighted by Crippen LogP contribution is -2.08. The van der Waals surface area contributed by atoms with E-state index in [1.807, 2.05) is 25.2 Å². The highest BCUT2D eigenvalue weighted by molar-refractivity contribution is 9.10. The van der Waals surface area contributed by atoms with Gasteiger partial charge >= 0.3 is 0 Å². The van der Waals surface area contributed by atoms with Crippen LogP contribution in [0.3, 0.4) is 0 Å². The van der Waals surface area contributed by atoms with Gasteiger partial charge in [0.25, 0.3) is 0 Å². The van der Waals surface area contributed by atoms with Gasteiger partial charge in [0.1, 0.15) is 18.2 Å². The molecule has 0 spiro atoms. The predicted molar refractivity (Wildman–Crippen MR) is 75.4 cm³/mol. The smallest absolute Gasteiger partial charge is 0.130 e. The lowest BCUT2D eigenvalue weighted by atomic mass is 10.3. The molecule has 19 heavy (non-hydrogen) atoms. The Kier molecular flexibility index (Phi) is 4.87. The van der Waals surface area contributed by atoms with E-state index in [0.717, 1.165) is 11.4 Å². The Morgan fingerprint density at radius 3 is 2.79 bits per heavy atom. The molecule has 5 heteroatoms. The molecule has 3 nitrogen and oxygen atoms in total. The van der Waals surface area contributed by atoms with Crippen molar-refractivity contribution < 1.29 is 9.13 Å². The molecule has 100 valence electrons. The zero-order chi connectivity index (χ0) is 13.7. The van der Waals surface area contributed by atoms with Crippen LogP contribution in [-0.4, -0.2) is 12.0 Å². The first-order valence-electron chi connectivity index (χ1n) is 5.85. The number of hydrogen-bond acceptors (Lipinski definition) is 3. The Morgan fingerprint density at radius 2 is 2.05 bits per heavy atom. The molecule has 0 radical (unpaired) electrons. The zero-order valence-corrected chi connectivity index (χ0v) is 12.1. The number of nitrogens with one attached hydrogen (secondary N) is 1. The molecule has 0 bridgehead atoms. The van der Waals surface area contributed by atoms with Crippen molar-refractivity contribution in [3.05, 3.63) is 58.1 Å². The summed E-state index contributed by atoms with van der Waals surface area (Å²) in [5, 5.41) is 3.04. The van der Waals surface area contributed by atoms with Gasteiger partial charge in [0.05, 0.1) is 11.4 Å². The highest BCUT2D eigenvalue weighted by atomic mass is 79.9. The largest absolute Gasteiger partial charge is 0.487 e. The summed E-state index contributed by atoms with van der Waals surface area (Å²) in [7, 11) is 1.87. The van der Waals surface area contributed by atoms with Crippen molar-refractivity contribution in [3.8, 4) is 5.75 Å². The Bertz CT molecular complexity index is 543. The minimum atomic E-state index is -0.332. The maximum atomic E-state index is 13.2. The van der Waals surface area contributed by atoms with E-state index in [9.17, 15) is 4.39 Å². The molecule has 0 unspecified atom stereocenters. The first-order chi connectivity index (χ1) is 9.17. The van der Waals surface area contributed by atoms with E-state index < -0.39 is 0 Å². The fourth-order valence-electron chi connectivity index (χ4n) is 1.66.